The van der Waals surface area contributed by atoms with Gasteiger partial charge in [-0.15, -0.1) is 0 Å². The van der Waals surface area contributed by atoms with Crippen molar-refractivity contribution in [1.82, 2.24) is 0 Å². The van der Waals surface area contributed by atoms with Crippen molar-refractivity contribution in [2.75, 3.05) is 14.2 Å². The summed E-state index contributed by atoms with van der Waals surface area (Å²) in [5, 5.41) is 0. The predicted molar refractivity (Wildman–Crippen MR) is 78.4 cm³/mol. The molecule has 1 aliphatic heterocycles. The van der Waals surface area contributed by atoms with Gasteiger partial charge < -0.3 is 14.2 Å². The standard InChI is InChI=1S/C16H28O4/c1-10(2)14(18-6)11(3)15(19-7)16(4,5)12-8-9-13(17)20-12/h8-12,14-15H,1-7H3/t11-,12-,14-,15-/m1/s1. The molecule has 0 aliphatic carbocycles. The van der Waals surface area contributed by atoms with E-state index in [0.717, 1.165) is 0 Å². The van der Waals surface area contributed by atoms with E-state index in [9.17, 15) is 4.79 Å². The Morgan fingerprint density at radius 2 is 1.80 bits per heavy atom. The Balaban J connectivity index is 2.93. The highest BCUT2D eigenvalue weighted by molar-refractivity contribution is 5.84. The van der Waals surface area contributed by atoms with E-state index in [4.69, 9.17) is 14.2 Å². The molecule has 4 nitrogen and oxygen atoms in total. The van der Waals surface area contributed by atoms with Crippen molar-refractivity contribution < 1.29 is 19.0 Å². The highest BCUT2D eigenvalue weighted by Gasteiger charge is 2.45. The number of carbonyl (C=O) groups is 1. The first-order valence-electron chi connectivity index (χ1n) is 7.20. The van der Waals surface area contributed by atoms with Crippen LogP contribution < -0.4 is 0 Å². The molecule has 0 aromatic carbocycles. The Labute approximate surface area is 122 Å². The van der Waals surface area contributed by atoms with E-state index in [-0.39, 0.29) is 35.6 Å². The van der Waals surface area contributed by atoms with Crippen LogP contribution in [0.2, 0.25) is 0 Å². The predicted octanol–water partition coefficient (Wildman–Crippen LogP) is 2.82. The van der Waals surface area contributed by atoms with Gasteiger partial charge in [0.1, 0.15) is 6.10 Å². The van der Waals surface area contributed by atoms with Gasteiger partial charge in [-0.05, 0) is 12.0 Å². The molecular weight excluding hydrogens is 256 g/mol. The third-order valence-electron chi connectivity index (χ3n) is 4.30. The summed E-state index contributed by atoms with van der Waals surface area (Å²) in [7, 11) is 3.44. The number of carbonyl (C=O) groups excluding carboxylic acids is 1. The third kappa shape index (κ3) is 3.41. The smallest absolute Gasteiger partial charge is 0.331 e. The molecule has 0 N–H and O–H groups in total. The quantitative estimate of drug-likeness (QED) is 0.674. The van der Waals surface area contributed by atoms with Crippen molar-refractivity contribution in [2.24, 2.45) is 17.3 Å². The maximum absolute atomic E-state index is 11.3. The van der Waals surface area contributed by atoms with Crippen LogP contribution in [0.25, 0.3) is 0 Å². The van der Waals surface area contributed by atoms with Crippen LogP contribution in [0, 0.1) is 17.3 Å². The Hall–Kier alpha value is -0.870. The first-order chi connectivity index (χ1) is 9.25. The fourth-order valence-electron chi connectivity index (χ4n) is 3.39. The van der Waals surface area contributed by atoms with Crippen LogP contribution in [-0.4, -0.2) is 38.5 Å². The van der Waals surface area contributed by atoms with Gasteiger partial charge in [0, 0.05) is 31.6 Å². The minimum Gasteiger partial charge on any atom is -0.454 e. The summed E-state index contributed by atoms with van der Waals surface area (Å²) in [5.41, 5.74) is -0.317. The minimum absolute atomic E-state index is 0.0737. The zero-order chi connectivity index (χ0) is 15.5. The molecule has 0 radical (unpaired) electrons. The van der Waals surface area contributed by atoms with Crippen molar-refractivity contribution in [3.05, 3.63) is 12.2 Å². The summed E-state index contributed by atoms with van der Waals surface area (Å²) in [6, 6.07) is 0. The second-order valence-electron chi connectivity index (χ2n) is 6.50. The number of ether oxygens (including phenoxy) is 3. The molecule has 0 aromatic heterocycles. The molecule has 0 saturated carbocycles. The van der Waals surface area contributed by atoms with Crippen molar-refractivity contribution in [2.45, 2.75) is 52.9 Å². The zero-order valence-electron chi connectivity index (χ0n) is 13.7. The largest absolute Gasteiger partial charge is 0.454 e. The molecule has 1 aliphatic rings. The summed E-state index contributed by atoms with van der Waals surface area (Å²) in [4.78, 5) is 11.3. The summed E-state index contributed by atoms with van der Waals surface area (Å²) in [5.74, 6) is 0.301. The first kappa shape index (κ1) is 17.2. The fraction of sp³-hybridized carbons (Fsp3) is 0.812. The fourth-order valence-corrected chi connectivity index (χ4v) is 3.39. The highest BCUT2D eigenvalue weighted by atomic mass is 16.6. The Bertz CT molecular complexity index is 359. The molecule has 0 spiro atoms. The van der Waals surface area contributed by atoms with Gasteiger partial charge in [0.25, 0.3) is 0 Å². The Morgan fingerprint density at radius 3 is 2.15 bits per heavy atom. The Morgan fingerprint density at radius 1 is 1.20 bits per heavy atom. The van der Waals surface area contributed by atoms with Gasteiger partial charge in [-0.25, -0.2) is 4.79 Å². The van der Waals surface area contributed by atoms with Gasteiger partial charge in [0.15, 0.2) is 0 Å². The molecule has 0 aromatic rings. The second-order valence-corrected chi connectivity index (χ2v) is 6.50. The lowest BCUT2D eigenvalue weighted by molar-refractivity contribution is -0.154. The normalized spacial score (nSPS) is 23.8. The molecule has 4 heteroatoms. The average Bonchev–Trinajstić information content (AvgIpc) is 2.77. The maximum atomic E-state index is 11.3. The van der Waals surface area contributed by atoms with Crippen LogP contribution in [0.5, 0.6) is 0 Å². The number of hydrogen-bond acceptors (Lipinski definition) is 4. The SMILES string of the molecule is CO[C@H](C(C)C)[C@@H](C)[C@@H](OC)C(C)(C)[C@H]1C=CC(=O)O1. The van der Waals surface area contributed by atoms with E-state index in [2.05, 4.69) is 34.6 Å². The van der Waals surface area contributed by atoms with E-state index in [1.807, 2.05) is 6.08 Å². The topological polar surface area (TPSA) is 44.8 Å². The summed E-state index contributed by atoms with van der Waals surface area (Å²) in [6.07, 6.45) is 3.07. The van der Waals surface area contributed by atoms with E-state index in [1.165, 1.54) is 6.08 Å². The lowest BCUT2D eigenvalue weighted by Gasteiger charge is -2.42. The third-order valence-corrected chi connectivity index (χ3v) is 4.30. The van der Waals surface area contributed by atoms with E-state index >= 15 is 0 Å². The minimum atomic E-state index is -0.317. The molecular formula is C16H28O4. The lowest BCUT2D eigenvalue weighted by Crippen LogP contribution is -2.49. The van der Waals surface area contributed by atoms with Gasteiger partial charge in [0.2, 0.25) is 0 Å². The monoisotopic (exact) mass is 284 g/mol. The summed E-state index contributed by atoms with van der Waals surface area (Å²) < 4.78 is 16.7. The molecule has 4 atom stereocenters. The van der Waals surface area contributed by atoms with Crippen LogP contribution in [0.3, 0.4) is 0 Å². The van der Waals surface area contributed by atoms with E-state index in [1.54, 1.807) is 14.2 Å². The Kier molecular flexibility index (Phi) is 5.78. The number of methoxy groups -OCH3 is 2. The number of cyclic esters (lactones) is 1. The van der Waals surface area contributed by atoms with Crippen LogP contribution in [0.1, 0.15) is 34.6 Å². The van der Waals surface area contributed by atoms with Crippen molar-refractivity contribution in [3.63, 3.8) is 0 Å². The second kappa shape index (κ2) is 6.72. The molecule has 0 saturated heterocycles. The van der Waals surface area contributed by atoms with Gasteiger partial charge in [0.05, 0.1) is 12.2 Å². The summed E-state index contributed by atoms with van der Waals surface area (Å²) >= 11 is 0. The van der Waals surface area contributed by atoms with E-state index in [0.29, 0.717) is 5.92 Å². The first-order valence-corrected chi connectivity index (χ1v) is 7.20. The average molecular weight is 284 g/mol. The van der Waals surface area contributed by atoms with Crippen molar-refractivity contribution >= 4 is 5.97 Å². The van der Waals surface area contributed by atoms with Crippen LogP contribution in [-0.2, 0) is 19.0 Å². The number of rotatable bonds is 7. The van der Waals surface area contributed by atoms with Gasteiger partial charge in [-0.3, -0.25) is 0 Å². The molecule has 0 bridgehead atoms. The molecule has 1 rings (SSSR count). The zero-order valence-corrected chi connectivity index (χ0v) is 13.7. The van der Waals surface area contributed by atoms with Crippen LogP contribution >= 0.6 is 0 Å². The molecule has 0 unspecified atom stereocenters. The van der Waals surface area contributed by atoms with Crippen LogP contribution in [0.15, 0.2) is 12.2 Å². The van der Waals surface area contributed by atoms with E-state index < -0.39 is 0 Å². The van der Waals surface area contributed by atoms with Gasteiger partial charge >= 0.3 is 5.97 Å². The van der Waals surface area contributed by atoms with Gasteiger partial charge in [-0.2, -0.15) is 0 Å². The molecule has 0 amide bonds. The van der Waals surface area contributed by atoms with Crippen molar-refractivity contribution in [1.29, 1.82) is 0 Å². The van der Waals surface area contributed by atoms with Gasteiger partial charge in [-0.1, -0.05) is 34.6 Å². The lowest BCUT2D eigenvalue weighted by atomic mass is 9.72. The molecule has 116 valence electrons. The molecule has 0 fully saturated rings. The number of hydrogen-bond donors (Lipinski definition) is 0. The molecule has 1 heterocycles. The summed E-state index contributed by atoms with van der Waals surface area (Å²) in [6.45, 7) is 10.5. The molecule has 20 heavy (non-hydrogen) atoms. The number of esters is 1. The maximum Gasteiger partial charge on any atom is 0.331 e. The highest BCUT2D eigenvalue weighted by Crippen LogP contribution is 2.38. The van der Waals surface area contributed by atoms with Crippen LogP contribution in [0.4, 0.5) is 0 Å². The van der Waals surface area contributed by atoms with Crippen molar-refractivity contribution in [3.8, 4) is 0 Å².